The van der Waals surface area contributed by atoms with Crippen LogP contribution in [-0.2, 0) is 32.6 Å². The summed E-state index contributed by atoms with van der Waals surface area (Å²) in [6.45, 7) is 4.40. The fourth-order valence-electron chi connectivity index (χ4n) is 5.02. The Hall–Kier alpha value is -4.15. The van der Waals surface area contributed by atoms with Crippen LogP contribution in [0.2, 0.25) is 0 Å². The Morgan fingerprint density at radius 2 is 1.50 bits per heavy atom. The second kappa shape index (κ2) is 17.0. The summed E-state index contributed by atoms with van der Waals surface area (Å²) < 4.78 is 35.8. The van der Waals surface area contributed by atoms with Crippen molar-refractivity contribution in [3.63, 3.8) is 0 Å². The Kier molecular flexibility index (Phi) is 12.8. The van der Waals surface area contributed by atoms with Crippen molar-refractivity contribution in [2.24, 2.45) is 0 Å². The molecule has 2 amide bonds. The van der Waals surface area contributed by atoms with Crippen molar-refractivity contribution in [3.05, 3.63) is 125 Å². The lowest BCUT2D eigenvalue weighted by molar-refractivity contribution is -0.140. The molecule has 0 heterocycles. The summed E-state index contributed by atoms with van der Waals surface area (Å²) >= 11 is 3.51. The van der Waals surface area contributed by atoms with E-state index < -0.39 is 28.5 Å². The van der Waals surface area contributed by atoms with E-state index in [9.17, 15) is 18.0 Å². The van der Waals surface area contributed by atoms with Crippen LogP contribution in [0.3, 0.4) is 0 Å². The molecule has 0 radical (unpaired) electrons. The highest BCUT2D eigenvalue weighted by Gasteiger charge is 2.34. The number of sulfonamides is 1. The zero-order valence-electron chi connectivity index (χ0n) is 26.1. The van der Waals surface area contributed by atoms with Crippen molar-refractivity contribution in [1.82, 2.24) is 10.2 Å². The van der Waals surface area contributed by atoms with Gasteiger partial charge in [-0.3, -0.25) is 13.9 Å². The predicted octanol–water partition coefficient (Wildman–Crippen LogP) is 6.60. The first-order chi connectivity index (χ1) is 22.2. The van der Waals surface area contributed by atoms with Crippen LogP contribution in [0.1, 0.15) is 37.8 Å². The third kappa shape index (κ3) is 9.43. The Labute approximate surface area is 280 Å². The summed E-state index contributed by atoms with van der Waals surface area (Å²) in [5.74, 6) is -0.256. The number of rotatable bonds is 16. The van der Waals surface area contributed by atoms with Gasteiger partial charge in [0.2, 0.25) is 11.8 Å². The van der Waals surface area contributed by atoms with Crippen molar-refractivity contribution in [2.75, 3.05) is 24.0 Å². The number of ether oxygens (including phenoxy) is 1. The average molecular weight is 707 g/mol. The van der Waals surface area contributed by atoms with Crippen LogP contribution in [0.25, 0.3) is 0 Å². The Balaban J connectivity index is 1.76. The largest absolute Gasteiger partial charge is 0.494 e. The maximum Gasteiger partial charge on any atom is 0.264 e. The summed E-state index contributed by atoms with van der Waals surface area (Å²) in [5.41, 5.74) is 2.01. The fourth-order valence-corrected chi connectivity index (χ4v) is 6.88. The molecule has 1 atom stereocenters. The van der Waals surface area contributed by atoms with Gasteiger partial charge in [0.1, 0.15) is 18.3 Å². The lowest BCUT2D eigenvalue weighted by Crippen LogP contribution is -2.53. The molecule has 8 nitrogen and oxygen atoms in total. The number of nitrogens with one attached hydrogen (secondary N) is 1. The molecule has 0 aliphatic carbocycles. The molecule has 0 spiro atoms. The SMILES string of the molecule is CCCCNC(=O)[C@@H](Cc1ccccc1)N(Cc1cccc(Br)c1)C(=O)CN(c1ccccc1)S(=O)(=O)c1ccc(OCC)cc1. The van der Waals surface area contributed by atoms with Crippen LogP contribution in [0.15, 0.2) is 119 Å². The van der Waals surface area contributed by atoms with Crippen molar-refractivity contribution in [2.45, 2.75) is 50.6 Å². The molecule has 10 heteroatoms. The number of nitrogens with zero attached hydrogens (tertiary/aromatic N) is 2. The number of amides is 2. The van der Waals surface area contributed by atoms with Gasteiger partial charge in [-0.2, -0.15) is 0 Å². The topological polar surface area (TPSA) is 96.0 Å². The third-order valence-corrected chi connectivity index (χ3v) is 9.67. The number of benzene rings is 4. The van der Waals surface area contributed by atoms with E-state index >= 15 is 0 Å². The molecular formula is C36H40BrN3O5S. The Morgan fingerprint density at radius 1 is 0.848 bits per heavy atom. The standard InChI is InChI=1S/C36H40BrN3O5S/c1-3-5-23-38-36(42)34(25-28-13-8-6-9-14-28)39(26-29-15-12-16-30(37)24-29)35(41)27-40(31-17-10-7-11-18-31)46(43,44)33-21-19-32(20-22-33)45-4-2/h6-22,24,34H,3-5,23,25-27H2,1-2H3,(H,38,42)/t34-/m1/s1. The maximum atomic E-state index is 14.5. The van der Waals surface area contributed by atoms with Crippen molar-refractivity contribution in [1.29, 1.82) is 0 Å². The molecule has 0 bridgehead atoms. The quantitative estimate of drug-likeness (QED) is 0.133. The Bertz CT molecular complexity index is 1670. The molecule has 0 aliphatic rings. The van der Waals surface area contributed by atoms with Gasteiger partial charge in [0.05, 0.1) is 17.2 Å². The molecule has 4 rings (SSSR count). The van der Waals surface area contributed by atoms with Crippen molar-refractivity contribution < 1.29 is 22.7 Å². The minimum Gasteiger partial charge on any atom is -0.494 e. The average Bonchev–Trinajstić information content (AvgIpc) is 3.06. The summed E-state index contributed by atoms with van der Waals surface area (Å²) in [4.78, 5) is 29.9. The molecule has 0 unspecified atom stereocenters. The molecule has 242 valence electrons. The summed E-state index contributed by atoms with van der Waals surface area (Å²) in [6.07, 6.45) is 1.96. The number of carbonyl (C=O) groups is 2. The van der Waals surface area contributed by atoms with Gasteiger partial charge >= 0.3 is 0 Å². The van der Waals surface area contributed by atoms with E-state index in [1.165, 1.54) is 17.0 Å². The molecule has 4 aromatic carbocycles. The van der Waals surface area contributed by atoms with Gasteiger partial charge in [-0.15, -0.1) is 0 Å². The monoisotopic (exact) mass is 705 g/mol. The maximum absolute atomic E-state index is 14.5. The van der Waals surface area contributed by atoms with Crippen LogP contribution in [0.5, 0.6) is 5.75 Å². The van der Waals surface area contributed by atoms with Gasteiger partial charge in [-0.1, -0.05) is 89.9 Å². The first-order valence-electron chi connectivity index (χ1n) is 15.4. The number of halogens is 1. The second-order valence-corrected chi connectivity index (χ2v) is 13.5. The molecule has 0 aromatic heterocycles. The number of para-hydroxylation sites is 1. The second-order valence-electron chi connectivity index (χ2n) is 10.8. The molecule has 1 N–H and O–H groups in total. The molecular weight excluding hydrogens is 666 g/mol. The summed E-state index contributed by atoms with van der Waals surface area (Å²) in [5, 5.41) is 3.01. The van der Waals surface area contributed by atoms with Gasteiger partial charge < -0.3 is 15.0 Å². The van der Waals surface area contributed by atoms with Crippen molar-refractivity contribution >= 4 is 43.5 Å². The molecule has 0 fully saturated rings. The van der Waals surface area contributed by atoms with Gasteiger partial charge in [0, 0.05) is 24.0 Å². The first-order valence-corrected chi connectivity index (χ1v) is 17.6. The molecule has 46 heavy (non-hydrogen) atoms. The van der Waals surface area contributed by atoms with Crippen LogP contribution >= 0.6 is 15.9 Å². The van der Waals surface area contributed by atoms with E-state index in [-0.39, 0.29) is 23.8 Å². The van der Waals surface area contributed by atoms with Crippen LogP contribution in [0.4, 0.5) is 5.69 Å². The van der Waals surface area contributed by atoms with Crippen LogP contribution in [-0.4, -0.2) is 50.9 Å². The molecule has 4 aromatic rings. The molecule has 0 saturated carbocycles. The number of hydrogen-bond acceptors (Lipinski definition) is 5. The predicted molar refractivity (Wildman–Crippen MR) is 185 cm³/mol. The number of carbonyl (C=O) groups excluding carboxylic acids is 2. The van der Waals surface area contributed by atoms with Gasteiger partial charge in [0.25, 0.3) is 10.0 Å². The zero-order chi connectivity index (χ0) is 32.9. The third-order valence-electron chi connectivity index (χ3n) is 7.39. The van der Waals surface area contributed by atoms with E-state index in [4.69, 9.17) is 4.74 Å². The molecule has 0 aliphatic heterocycles. The van der Waals surface area contributed by atoms with E-state index in [2.05, 4.69) is 21.2 Å². The summed E-state index contributed by atoms with van der Waals surface area (Å²) in [7, 11) is -4.19. The van der Waals surface area contributed by atoms with Gasteiger partial charge in [-0.05, 0) is 73.0 Å². The first kappa shape index (κ1) is 34.7. The number of unbranched alkanes of at least 4 members (excludes halogenated alkanes) is 1. The van der Waals surface area contributed by atoms with Crippen LogP contribution < -0.4 is 14.4 Å². The van der Waals surface area contributed by atoms with E-state index in [1.807, 2.05) is 68.4 Å². The van der Waals surface area contributed by atoms with Crippen LogP contribution in [0, 0.1) is 0 Å². The van der Waals surface area contributed by atoms with E-state index in [1.54, 1.807) is 42.5 Å². The normalized spacial score (nSPS) is 11.8. The minimum absolute atomic E-state index is 0.0179. The van der Waals surface area contributed by atoms with Crippen molar-refractivity contribution in [3.8, 4) is 5.75 Å². The summed E-state index contributed by atoms with van der Waals surface area (Å²) in [6, 6.07) is 30.8. The lowest BCUT2D eigenvalue weighted by atomic mass is 10.0. The lowest BCUT2D eigenvalue weighted by Gasteiger charge is -2.34. The molecule has 0 saturated heterocycles. The highest BCUT2D eigenvalue weighted by Crippen LogP contribution is 2.26. The fraction of sp³-hybridized carbons (Fsp3) is 0.278. The van der Waals surface area contributed by atoms with Gasteiger partial charge in [0.15, 0.2) is 0 Å². The van der Waals surface area contributed by atoms with Gasteiger partial charge in [-0.25, -0.2) is 8.42 Å². The van der Waals surface area contributed by atoms with E-state index in [0.717, 1.165) is 32.7 Å². The highest BCUT2D eigenvalue weighted by atomic mass is 79.9. The van der Waals surface area contributed by atoms with E-state index in [0.29, 0.717) is 24.6 Å². The highest BCUT2D eigenvalue weighted by molar-refractivity contribution is 9.10. The minimum atomic E-state index is -4.19. The zero-order valence-corrected chi connectivity index (χ0v) is 28.5. The Morgan fingerprint density at radius 3 is 2.13 bits per heavy atom. The number of hydrogen-bond donors (Lipinski definition) is 1. The number of anilines is 1. The smallest absolute Gasteiger partial charge is 0.264 e.